The van der Waals surface area contributed by atoms with Crippen LogP contribution in [0, 0.1) is 0 Å². The minimum Gasteiger partial charge on any atom is -0.394 e. The van der Waals surface area contributed by atoms with E-state index in [1.54, 1.807) is 4.57 Å². The van der Waals surface area contributed by atoms with Crippen molar-refractivity contribution in [3.05, 3.63) is 18.0 Å². The standard InChI is InChI=1S/C17H27N7O4/c1-9(2)3-5-19-14-11-15(22-8-21-14)24(17(23-11)20-6-4-18)16-13(27)12(26)10(7-25)28-16/h3,8,10,12-13,16,25-27H,4-7,18H2,1-2H3,(H,20,23)(H,19,21,22)/t10-,12-,13-,16-/m1/s1. The molecule has 0 bridgehead atoms. The summed E-state index contributed by atoms with van der Waals surface area (Å²) in [6.45, 7) is 4.96. The Kier molecular flexibility index (Phi) is 6.42. The largest absolute Gasteiger partial charge is 0.394 e. The fourth-order valence-electron chi connectivity index (χ4n) is 3.03. The molecule has 2 aromatic heterocycles. The van der Waals surface area contributed by atoms with Crippen molar-refractivity contribution in [1.29, 1.82) is 0 Å². The topological polar surface area (TPSA) is 164 Å². The van der Waals surface area contributed by atoms with E-state index in [0.29, 0.717) is 42.6 Å². The first-order chi connectivity index (χ1) is 13.5. The summed E-state index contributed by atoms with van der Waals surface area (Å²) in [6, 6.07) is 0. The highest BCUT2D eigenvalue weighted by atomic mass is 16.6. The van der Waals surface area contributed by atoms with Gasteiger partial charge in [0.25, 0.3) is 0 Å². The Bertz CT molecular complexity index is 836. The molecule has 1 aliphatic heterocycles. The summed E-state index contributed by atoms with van der Waals surface area (Å²) >= 11 is 0. The molecule has 0 radical (unpaired) electrons. The Balaban J connectivity index is 2.03. The van der Waals surface area contributed by atoms with Gasteiger partial charge in [-0.1, -0.05) is 11.6 Å². The Labute approximate surface area is 162 Å². The lowest BCUT2D eigenvalue weighted by Crippen LogP contribution is -2.33. The Morgan fingerprint density at radius 2 is 2.07 bits per heavy atom. The second-order valence-electron chi connectivity index (χ2n) is 6.81. The zero-order chi connectivity index (χ0) is 20.3. The van der Waals surface area contributed by atoms with Gasteiger partial charge >= 0.3 is 0 Å². The third kappa shape index (κ3) is 3.93. The van der Waals surface area contributed by atoms with Gasteiger partial charge in [-0.15, -0.1) is 0 Å². The van der Waals surface area contributed by atoms with E-state index >= 15 is 0 Å². The quantitative estimate of drug-likeness (QED) is 0.312. The van der Waals surface area contributed by atoms with Gasteiger partial charge in [-0.3, -0.25) is 4.57 Å². The maximum Gasteiger partial charge on any atom is 0.207 e. The van der Waals surface area contributed by atoms with Crippen LogP contribution in [0.15, 0.2) is 18.0 Å². The second-order valence-corrected chi connectivity index (χ2v) is 6.81. The third-order valence-corrected chi connectivity index (χ3v) is 4.46. The molecule has 0 saturated carbocycles. The number of hydrogen-bond donors (Lipinski definition) is 6. The number of rotatable bonds is 8. The number of nitrogens with two attached hydrogens (primary N) is 1. The molecule has 0 aliphatic carbocycles. The van der Waals surface area contributed by atoms with E-state index in [-0.39, 0.29) is 0 Å². The van der Waals surface area contributed by atoms with Crippen molar-refractivity contribution in [1.82, 2.24) is 19.5 Å². The van der Waals surface area contributed by atoms with Crippen LogP contribution in [0.5, 0.6) is 0 Å². The van der Waals surface area contributed by atoms with Crippen LogP contribution in [0.2, 0.25) is 0 Å². The molecule has 3 rings (SSSR count). The van der Waals surface area contributed by atoms with Gasteiger partial charge in [0, 0.05) is 19.6 Å². The molecule has 1 fully saturated rings. The van der Waals surface area contributed by atoms with Crippen LogP contribution < -0.4 is 16.4 Å². The number of imidazole rings is 1. The van der Waals surface area contributed by atoms with Crippen LogP contribution in [0.4, 0.5) is 11.8 Å². The summed E-state index contributed by atoms with van der Waals surface area (Å²) < 4.78 is 7.23. The van der Waals surface area contributed by atoms with E-state index < -0.39 is 31.1 Å². The minimum atomic E-state index is -1.26. The van der Waals surface area contributed by atoms with Crippen LogP contribution in [0.1, 0.15) is 20.1 Å². The number of aromatic nitrogens is 4. The zero-order valence-corrected chi connectivity index (χ0v) is 15.9. The predicted octanol–water partition coefficient (Wildman–Crippen LogP) is -0.813. The molecule has 11 nitrogen and oxygen atoms in total. The molecule has 0 amide bonds. The maximum absolute atomic E-state index is 10.5. The third-order valence-electron chi connectivity index (χ3n) is 4.46. The summed E-state index contributed by atoms with van der Waals surface area (Å²) in [7, 11) is 0. The number of nitrogens with zero attached hydrogens (tertiary/aromatic N) is 4. The van der Waals surface area contributed by atoms with Gasteiger partial charge in [-0.2, -0.15) is 0 Å². The molecule has 154 valence electrons. The fraction of sp³-hybridized carbons (Fsp3) is 0.588. The Morgan fingerprint density at radius 1 is 1.29 bits per heavy atom. The fourth-order valence-corrected chi connectivity index (χ4v) is 3.03. The van der Waals surface area contributed by atoms with Gasteiger partial charge in [-0.05, 0) is 13.8 Å². The number of ether oxygens (including phenoxy) is 1. The Morgan fingerprint density at radius 3 is 2.71 bits per heavy atom. The summed E-state index contributed by atoms with van der Waals surface area (Å²) in [5.41, 5.74) is 7.67. The molecular weight excluding hydrogens is 366 g/mol. The van der Waals surface area contributed by atoms with Gasteiger partial charge in [-0.25, -0.2) is 15.0 Å². The number of fused-ring (bicyclic) bond motifs is 1. The molecule has 3 heterocycles. The molecule has 4 atom stereocenters. The Hall–Kier alpha value is -2.31. The van der Waals surface area contributed by atoms with Gasteiger partial charge in [0.15, 0.2) is 23.2 Å². The lowest BCUT2D eigenvalue weighted by atomic mass is 10.1. The monoisotopic (exact) mass is 393 g/mol. The van der Waals surface area contributed by atoms with Crippen molar-refractivity contribution in [2.45, 2.75) is 38.4 Å². The molecule has 1 aliphatic rings. The first kappa shape index (κ1) is 20.4. The van der Waals surface area contributed by atoms with E-state index in [2.05, 4.69) is 25.6 Å². The summed E-state index contributed by atoms with van der Waals surface area (Å²) in [4.78, 5) is 13.1. The summed E-state index contributed by atoms with van der Waals surface area (Å²) in [5, 5.41) is 36.3. The average Bonchev–Trinajstić information content (AvgIpc) is 3.18. The average molecular weight is 393 g/mol. The lowest BCUT2D eigenvalue weighted by molar-refractivity contribution is -0.0501. The minimum absolute atomic E-state index is 0.372. The van der Waals surface area contributed by atoms with E-state index in [0.717, 1.165) is 0 Å². The van der Waals surface area contributed by atoms with E-state index in [4.69, 9.17) is 10.5 Å². The van der Waals surface area contributed by atoms with Crippen LogP contribution in [-0.2, 0) is 4.74 Å². The molecule has 0 unspecified atom stereocenters. The van der Waals surface area contributed by atoms with Gasteiger partial charge in [0.2, 0.25) is 5.95 Å². The highest BCUT2D eigenvalue weighted by molar-refractivity contribution is 5.85. The molecule has 1 saturated heterocycles. The second kappa shape index (κ2) is 8.80. The number of aliphatic hydroxyl groups is 3. The van der Waals surface area contributed by atoms with Crippen LogP contribution >= 0.6 is 0 Å². The van der Waals surface area contributed by atoms with Gasteiger partial charge in [0.1, 0.15) is 24.6 Å². The highest BCUT2D eigenvalue weighted by Crippen LogP contribution is 2.35. The molecule has 11 heteroatoms. The normalized spacial score (nSPS) is 24.5. The van der Waals surface area contributed by atoms with E-state index in [1.165, 1.54) is 11.9 Å². The molecule has 2 aromatic rings. The molecule has 0 aromatic carbocycles. The molecule has 28 heavy (non-hydrogen) atoms. The van der Waals surface area contributed by atoms with Crippen molar-refractivity contribution in [2.24, 2.45) is 5.73 Å². The van der Waals surface area contributed by atoms with Gasteiger partial charge < -0.3 is 36.4 Å². The van der Waals surface area contributed by atoms with Crippen LogP contribution in [0.3, 0.4) is 0 Å². The summed E-state index contributed by atoms with van der Waals surface area (Å²) in [6.07, 6.45) is -0.962. The number of nitrogens with one attached hydrogen (secondary N) is 2. The number of anilines is 2. The number of allylic oxidation sites excluding steroid dienone is 1. The molecular formula is C17H27N7O4. The number of aliphatic hydroxyl groups excluding tert-OH is 3. The molecule has 0 spiro atoms. The van der Waals surface area contributed by atoms with E-state index in [1.807, 2.05) is 19.9 Å². The van der Waals surface area contributed by atoms with Crippen molar-refractivity contribution in [3.63, 3.8) is 0 Å². The van der Waals surface area contributed by atoms with Gasteiger partial charge in [0.05, 0.1) is 6.61 Å². The van der Waals surface area contributed by atoms with Crippen molar-refractivity contribution in [2.75, 3.05) is 36.9 Å². The zero-order valence-electron chi connectivity index (χ0n) is 15.9. The summed E-state index contributed by atoms with van der Waals surface area (Å²) in [5.74, 6) is 0.907. The van der Waals surface area contributed by atoms with Crippen LogP contribution in [0.25, 0.3) is 11.2 Å². The van der Waals surface area contributed by atoms with Crippen molar-refractivity contribution >= 4 is 22.9 Å². The molecule has 7 N–H and O–H groups in total. The highest BCUT2D eigenvalue weighted by Gasteiger charge is 2.45. The maximum atomic E-state index is 10.5. The number of hydrogen-bond acceptors (Lipinski definition) is 10. The SMILES string of the molecule is CC(C)=CCNc1ncnc2c1nc(NCCN)n2[C@@H]1O[C@H](CO)[C@@H](O)[C@H]1O. The van der Waals surface area contributed by atoms with Crippen LogP contribution in [-0.4, -0.2) is 79.4 Å². The smallest absolute Gasteiger partial charge is 0.207 e. The lowest BCUT2D eigenvalue weighted by Gasteiger charge is -2.19. The first-order valence-corrected chi connectivity index (χ1v) is 9.14. The van der Waals surface area contributed by atoms with E-state index in [9.17, 15) is 15.3 Å². The first-order valence-electron chi connectivity index (χ1n) is 9.14. The van der Waals surface area contributed by atoms with Crippen molar-refractivity contribution in [3.8, 4) is 0 Å². The van der Waals surface area contributed by atoms with Crippen molar-refractivity contribution < 1.29 is 20.1 Å². The predicted molar refractivity (Wildman–Crippen MR) is 104 cm³/mol.